The minimum atomic E-state index is -0.221. The van der Waals surface area contributed by atoms with Crippen LogP contribution in [0.5, 0.6) is 5.75 Å². The summed E-state index contributed by atoms with van der Waals surface area (Å²) in [6.07, 6.45) is 0.959. The van der Waals surface area contributed by atoms with E-state index in [2.05, 4.69) is 5.10 Å². The van der Waals surface area contributed by atoms with Crippen LogP contribution < -0.4 is 4.74 Å². The number of thiophene rings is 1. The van der Waals surface area contributed by atoms with Crippen LogP contribution in [0, 0.1) is 0 Å². The van der Waals surface area contributed by atoms with Crippen LogP contribution in [0.25, 0.3) is 0 Å². The van der Waals surface area contributed by atoms with Gasteiger partial charge in [-0.1, -0.05) is 25.1 Å². The zero-order valence-corrected chi connectivity index (χ0v) is 18.4. The molecule has 0 saturated heterocycles. The third-order valence-corrected chi connectivity index (χ3v) is 5.94. The zero-order chi connectivity index (χ0) is 21.5. The lowest BCUT2D eigenvalue weighted by atomic mass is 10.0. The molecule has 1 aromatic heterocycles. The summed E-state index contributed by atoms with van der Waals surface area (Å²) in [7, 11) is 3.20. The second-order valence-corrected chi connectivity index (χ2v) is 7.86. The molecule has 0 fully saturated rings. The van der Waals surface area contributed by atoms with Crippen LogP contribution in [0.1, 0.15) is 36.2 Å². The van der Waals surface area contributed by atoms with Gasteiger partial charge in [-0.3, -0.25) is 9.59 Å². The van der Waals surface area contributed by atoms with Gasteiger partial charge in [0.05, 0.1) is 30.3 Å². The number of hydrazone groups is 1. The highest BCUT2D eigenvalue weighted by Crippen LogP contribution is 2.34. The summed E-state index contributed by atoms with van der Waals surface area (Å²) in [6, 6.07) is 11.4. The monoisotopic (exact) mass is 429 g/mol. The van der Waals surface area contributed by atoms with Crippen molar-refractivity contribution in [2.24, 2.45) is 5.10 Å². The number of ether oxygens (including phenoxy) is 2. The van der Waals surface area contributed by atoms with Crippen molar-refractivity contribution in [1.29, 1.82) is 0 Å². The fraction of sp³-hybridized carbons (Fsp3) is 0.409. The van der Waals surface area contributed by atoms with E-state index in [9.17, 15) is 9.59 Å². The van der Waals surface area contributed by atoms with Crippen LogP contribution in [0.15, 0.2) is 46.9 Å². The van der Waals surface area contributed by atoms with Gasteiger partial charge in [-0.25, -0.2) is 5.01 Å². The summed E-state index contributed by atoms with van der Waals surface area (Å²) in [6.45, 7) is 2.52. The van der Waals surface area contributed by atoms with Gasteiger partial charge in [0.15, 0.2) is 0 Å². The highest BCUT2D eigenvalue weighted by atomic mass is 32.1. The summed E-state index contributed by atoms with van der Waals surface area (Å²) in [5.74, 6) is 0.469. The highest BCUT2D eigenvalue weighted by molar-refractivity contribution is 7.12. The molecule has 1 aromatic carbocycles. The summed E-state index contributed by atoms with van der Waals surface area (Å²) in [5, 5.41) is 8.18. The lowest BCUT2D eigenvalue weighted by Gasteiger charge is -2.26. The Morgan fingerprint density at radius 3 is 2.60 bits per heavy atom. The van der Waals surface area contributed by atoms with Crippen molar-refractivity contribution < 1.29 is 19.1 Å². The van der Waals surface area contributed by atoms with Crippen molar-refractivity contribution in [1.82, 2.24) is 9.91 Å². The van der Waals surface area contributed by atoms with Gasteiger partial charge in [0.2, 0.25) is 5.91 Å². The van der Waals surface area contributed by atoms with Gasteiger partial charge >= 0.3 is 0 Å². The Kier molecular flexibility index (Phi) is 7.59. The van der Waals surface area contributed by atoms with Crippen LogP contribution in [0.2, 0.25) is 0 Å². The number of hydrogen-bond donors (Lipinski definition) is 0. The van der Waals surface area contributed by atoms with Crippen molar-refractivity contribution in [3.63, 3.8) is 0 Å². The number of benzene rings is 1. The van der Waals surface area contributed by atoms with E-state index in [1.165, 1.54) is 9.91 Å². The molecule has 0 N–H and O–H groups in total. The van der Waals surface area contributed by atoms with Crippen molar-refractivity contribution in [3.05, 3.63) is 52.2 Å². The topological polar surface area (TPSA) is 71.4 Å². The first-order valence-electron chi connectivity index (χ1n) is 9.91. The molecular weight excluding hydrogens is 402 g/mol. The number of hydrogen-bond acceptors (Lipinski definition) is 6. The molecule has 1 aliphatic rings. The summed E-state index contributed by atoms with van der Waals surface area (Å²) >= 11 is 1.60. The summed E-state index contributed by atoms with van der Waals surface area (Å²) in [5.41, 5.74) is 1.86. The number of methoxy groups -OCH3 is 2. The largest absolute Gasteiger partial charge is 0.497 e. The average molecular weight is 430 g/mol. The Hall–Kier alpha value is -2.71. The number of amides is 2. The van der Waals surface area contributed by atoms with Gasteiger partial charge in [-0.15, -0.1) is 11.3 Å². The van der Waals surface area contributed by atoms with Crippen LogP contribution in [0.4, 0.5) is 0 Å². The van der Waals surface area contributed by atoms with Gasteiger partial charge < -0.3 is 14.4 Å². The van der Waals surface area contributed by atoms with E-state index in [1.807, 2.05) is 41.8 Å². The van der Waals surface area contributed by atoms with Crippen molar-refractivity contribution in [2.45, 2.75) is 25.8 Å². The van der Waals surface area contributed by atoms with E-state index in [4.69, 9.17) is 9.47 Å². The van der Waals surface area contributed by atoms with Crippen LogP contribution in [-0.2, 0) is 14.3 Å². The third-order valence-electron chi connectivity index (χ3n) is 5.02. The lowest BCUT2D eigenvalue weighted by Crippen LogP contribution is -2.42. The quantitative estimate of drug-likeness (QED) is 0.613. The maximum absolute atomic E-state index is 13.2. The fourth-order valence-electron chi connectivity index (χ4n) is 3.37. The van der Waals surface area contributed by atoms with Crippen LogP contribution in [0.3, 0.4) is 0 Å². The minimum Gasteiger partial charge on any atom is -0.497 e. The molecule has 2 heterocycles. The molecule has 2 amide bonds. The maximum atomic E-state index is 13.2. The van der Waals surface area contributed by atoms with Crippen LogP contribution in [-0.4, -0.2) is 61.4 Å². The average Bonchev–Trinajstić information content (AvgIpc) is 3.46. The Labute approximate surface area is 180 Å². The Morgan fingerprint density at radius 1 is 1.23 bits per heavy atom. The molecule has 7 nitrogen and oxygen atoms in total. The summed E-state index contributed by atoms with van der Waals surface area (Å²) in [4.78, 5) is 28.1. The molecule has 0 bridgehead atoms. The van der Waals surface area contributed by atoms with Gasteiger partial charge in [0, 0.05) is 26.5 Å². The van der Waals surface area contributed by atoms with Gasteiger partial charge in [-0.2, -0.15) is 5.10 Å². The van der Waals surface area contributed by atoms with E-state index in [0.29, 0.717) is 26.0 Å². The Bertz CT molecular complexity index is 880. The summed E-state index contributed by atoms with van der Waals surface area (Å²) < 4.78 is 10.3. The normalized spacial score (nSPS) is 15.8. The molecule has 1 atom stereocenters. The Morgan fingerprint density at radius 2 is 2.00 bits per heavy atom. The standard InChI is InChI=1S/C22H27N3O4S/c1-4-21(26)24(11-12-28-2)15-22(27)25-19(16-7-9-17(29-3)10-8-16)14-18(23-25)20-6-5-13-30-20/h5-10,13,19H,4,11-12,14-15H2,1-3H3/t19-/m0/s1. The second kappa shape index (κ2) is 10.4. The van der Waals surface area contributed by atoms with E-state index < -0.39 is 0 Å². The first kappa shape index (κ1) is 22.0. The molecule has 0 aliphatic carbocycles. The SMILES string of the molecule is CCC(=O)N(CCOC)CC(=O)N1N=C(c2cccs2)C[C@H]1c1ccc(OC)cc1. The number of nitrogens with zero attached hydrogens (tertiary/aromatic N) is 3. The zero-order valence-electron chi connectivity index (χ0n) is 17.5. The van der Waals surface area contributed by atoms with Gasteiger partial charge in [0.25, 0.3) is 5.91 Å². The first-order chi connectivity index (χ1) is 14.6. The molecule has 0 unspecified atom stereocenters. The van der Waals surface area contributed by atoms with Gasteiger partial charge in [0.1, 0.15) is 12.3 Å². The fourth-order valence-corrected chi connectivity index (χ4v) is 4.09. The molecule has 3 rings (SSSR count). The highest BCUT2D eigenvalue weighted by Gasteiger charge is 2.34. The Balaban J connectivity index is 1.85. The molecular formula is C22H27N3O4S. The minimum absolute atomic E-state index is 0.0239. The molecule has 0 saturated carbocycles. The predicted octanol–water partition coefficient (Wildman–Crippen LogP) is 3.32. The van der Waals surface area contributed by atoms with E-state index in [1.54, 1.807) is 32.5 Å². The van der Waals surface area contributed by atoms with Crippen LogP contribution >= 0.6 is 11.3 Å². The molecule has 160 valence electrons. The molecule has 8 heteroatoms. The van der Waals surface area contributed by atoms with E-state index in [0.717, 1.165) is 21.9 Å². The van der Waals surface area contributed by atoms with E-state index >= 15 is 0 Å². The second-order valence-electron chi connectivity index (χ2n) is 6.92. The number of rotatable bonds is 9. The van der Waals surface area contributed by atoms with Crippen molar-refractivity contribution in [3.8, 4) is 5.75 Å². The number of carbonyl (C=O) groups excluding carboxylic acids is 2. The maximum Gasteiger partial charge on any atom is 0.262 e. The predicted molar refractivity (Wildman–Crippen MR) is 117 cm³/mol. The lowest BCUT2D eigenvalue weighted by molar-refractivity contribution is -0.141. The molecule has 1 aliphatic heterocycles. The number of carbonyl (C=O) groups is 2. The third kappa shape index (κ3) is 5.06. The first-order valence-corrected chi connectivity index (χ1v) is 10.8. The van der Waals surface area contributed by atoms with E-state index in [-0.39, 0.29) is 24.4 Å². The molecule has 0 radical (unpaired) electrons. The van der Waals surface area contributed by atoms with Gasteiger partial charge in [-0.05, 0) is 29.1 Å². The van der Waals surface area contributed by atoms with Crippen molar-refractivity contribution in [2.75, 3.05) is 33.9 Å². The molecule has 2 aromatic rings. The van der Waals surface area contributed by atoms with Crippen molar-refractivity contribution >= 4 is 28.9 Å². The smallest absolute Gasteiger partial charge is 0.262 e. The molecule has 0 spiro atoms. The molecule has 30 heavy (non-hydrogen) atoms.